The monoisotopic (exact) mass is 346 g/mol. The van der Waals surface area contributed by atoms with Crippen molar-refractivity contribution in [2.45, 2.75) is 63.5 Å². The van der Waals surface area contributed by atoms with Gasteiger partial charge in [0.2, 0.25) is 5.88 Å². The lowest BCUT2D eigenvalue weighted by atomic mass is 9.98. The Morgan fingerprint density at radius 2 is 2.00 bits per heavy atom. The number of amides is 1. The van der Waals surface area contributed by atoms with Crippen LogP contribution in [0.25, 0.3) is 0 Å². The normalized spacial score (nSPS) is 24.2. The molecule has 6 nitrogen and oxygen atoms in total. The molecule has 0 aromatic carbocycles. The van der Waals surface area contributed by atoms with E-state index in [2.05, 4.69) is 4.98 Å². The molecule has 1 atom stereocenters. The van der Waals surface area contributed by atoms with Crippen LogP contribution in [0.15, 0.2) is 18.3 Å². The van der Waals surface area contributed by atoms with E-state index in [1.165, 1.54) is 26.4 Å². The van der Waals surface area contributed by atoms with Crippen molar-refractivity contribution in [2.24, 2.45) is 0 Å². The third-order valence-corrected chi connectivity index (χ3v) is 5.33. The molecule has 3 rings (SSSR count). The molecule has 1 saturated carbocycles. The molecule has 0 bridgehead atoms. The van der Waals surface area contributed by atoms with Crippen LogP contribution in [-0.2, 0) is 9.53 Å². The molecule has 1 aromatic heterocycles. The highest BCUT2D eigenvalue weighted by atomic mass is 16.5. The Labute approximate surface area is 148 Å². The predicted octanol–water partition coefficient (Wildman–Crippen LogP) is 2.96. The minimum absolute atomic E-state index is 0.179. The third-order valence-electron chi connectivity index (χ3n) is 5.33. The van der Waals surface area contributed by atoms with Gasteiger partial charge in [-0.2, -0.15) is 0 Å². The number of methoxy groups -OCH3 is 1. The van der Waals surface area contributed by atoms with Gasteiger partial charge in [-0.1, -0.05) is 6.42 Å². The van der Waals surface area contributed by atoms with E-state index in [0.717, 1.165) is 19.3 Å². The predicted molar refractivity (Wildman–Crippen MR) is 92.4 cm³/mol. The lowest BCUT2D eigenvalue weighted by Crippen LogP contribution is -2.51. The summed E-state index contributed by atoms with van der Waals surface area (Å²) in [5.41, 5.74) is -0.405. The summed E-state index contributed by atoms with van der Waals surface area (Å²) in [5.74, 6) is -0.0657. The smallest absolute Gasteiger partial charge is 0.331 e. The minimum Gasteiger partial charge on any atom is -0.474 e. The van der Waals surface area contributed by atoms with Crippen LogP contribution in [0.3, 0.4) is 0 Å². The standard InChI is InChI=1S/C19H26N2O4/c1-19(18(23)24-2)10-6-12-21(19)17(22)14-9-11-20-16(13-14)25-15-7-4-3-5-8-15/h9,11,13,15H,3-8,10,12H2,1-2H3/t19-/m0/s1. The highest BCUT2D eigenvalue weighted by molar-refractivity contribution is 5.98. The fraction of sp³-hybridized carbons (Fsp3) is 0.632. The van der Waals surface area contributed by atoms with Gasteiger partial charge in [-0.15, -0.1) is 0 Å². The molecule has 0 radical (unpaired) electrons. The average Bonchev–Trinajstić information content (AvgIpc) is 3.04. The van der Waals surface area contributed by atoms with Crippen LogP contribution >= 0.6 is 0 Å². The molecule has 1 aliphatic carbocycles. The first kappa shape index (κ1) is 17.7. The second kappa shape index (κ2) is 7.42. The van der Waals surface area contributed by atoms with Gasteiger partial charge in [-0.3, -0.25) is 4.79 Å². The number of hydrogen-bond donors (Lipinski definition) is 0. The van der Waals surface area contributed by atoms with Crippen molar-refractivity contribution in [3.63, 3.8) is 0 Å². The van der Waals surface area contributed by atoms with Gasteiger partial charge in [0.1, 0.15) is 11.6 Å². The van der Waals surface area contributed by atoms with Gasteiger partial charge in [0.05, 0.1) is 7.11 Å². The summed E-state index contributed by atoms with van der Waals surface area (Å²) in [4.78, 5) is 31.0. The molecule has 1 amide bonds. The molecule has 1 aromatic rings. The van der Waals surface area contributed by atoms with Crippen LogP contribution in [0, 0.1) is 0 Å². The van der Waals surface area contributed by atoms with Crippen LogP contribution in [0.1, 0.15) is 62.2 Å². The van der Waals surface area contributed by atoms with E-state index < -0.39 is 5.54 Å². The quantitative estimate of drug-likeness (QED) is 0.784. The van der Waals surface area contributed by atoms with Crippen LogP contribution in [-0.4, -0.2) is 47.1 Å². The topological polar surface area (TPSA) is 68.7 Å². The molecule has 0 spiro atoms. The number of ether oxygens (including phenoxy) is 2. The number of rotatable bonds is 4. The van der Waals surface area contributed by atoms with E-state index in [1.807, 2.05) is 0 Å². The van der Waals surface area contributed by atoms with Crippen molar-refractivity contribution >= 4 is 11.9 Å². The molecule has 2 aliphatic rings. The van der Waals surface area contributed by atoms with E-state index in [1.54, 1.807) is 30.2 Å². The van der Waals surface area contributed by atoms with Gasteiger partial charge in [-0.05, 0) is 51.5 Å². The number of hydrogen-bond acceptors (Lipinski definition) is 5. The molecule has 0 N–H and O–H groups in total. The maximum atomic E-state index is 13.0. The van der Waals surface area contributed by atoms with Crippen molar-refractivity contribution in [3.05, 3.63) is 23.9 Å². The first-order valence-electron chi connectivity index (χ1n) is 9.08. The average molecular weight is 346 g/mol. The zero-order valence-corrected chi connectivity index (χ0v) is 15.0. The Hall–Kier alpha value is -2.11. The SMILES string of the molecule is COC(=O)[C@]1(C)CCCN1C(=O)c1ccnc(OC2CCCCC2)c1. The van der Waals surface area contributed by atoms with E-state index in [4.69, 9.17) is 9.47 Å². The number of likely N-dealkylation sites (tertiary alicyclic amines) is 1. The van der Waals surface area contributed by atoms with Crippen molar-refractivity contribution in [1.29, 1.82) is 0 Å². The Balaban J connectivity index is 1.75. The number of nitrogens with zero attached hydrogens (tertiary/aromatic N) is 2. The fourth-order valence-corrected chi connectivity index (χ4v) is 3.84. The summed E-state index contributed by atoms with van der Waals surface area (Å²) in [5, 5.41) is 0. The summed E-state index contributed by atoms with van der Waals surface area (Å²) < 4.78 is 10.9. The number of esters is 1. The highest BCUT2D eigenvalue weighted by Gasteiger charge is 2.46. The lowest BCUT2D eigenvalue weighted by Gasteiger charge is -2.32. The Kier molecular flexibility index (Phi) is 5.25. The van der Waals surface area contributed by atoms with Crippen molar-refractivity contribution in [3.8, 4) is 5.88 Å². The van der Waals surface area contributed by atoms with Crippen molar-refractivity contribution in [2.75, 3.05) is 13.7 Å². The number of pyridine rings is 1. The minimum atomic E-state index is -0.903. The van der Waals surface area contributed by atoms with Crippen LogP contribution in [0.2, 0.25) is 0 Å². The van der Waals surface area contributed by atoms with Gasteiger partial charge in [-0.25, -0.2) is 9.78 Å². The van der Waals surface area contributed by atoms with E-state index >= 15 is 0 Å². The Morgan fingerprint density at radius 1 is 1.24 bits per heavy atom. The largest absolute Gasteiger partial charge is 0.474 e. The lowest BCUT2D eigenvalue weighted by molar-refractivity contribution is -0.151. The summed E-state index contributed by atoms with van der Waals surface area (Å²) in [6, 6.07) is 3.36. The Morgan fingerprint density at radius 3 is 2.72 bits per heavy atom. The van der Waals surface area contributed by atoms with Crippen LogP contribution < -0.4 is 4.74 Å². The van der Waals surface area contributed by atoms with E-state index in [9.17, 15) is 9.59 Å². The number of carbonyl (C=O) groups is 2. The van der Waals surface area contributed by atoms with Gasteiger partial charge >= 0.3 is 5.97 Å². The second-order valence-electron chi connectivity index (χ2n) is 7.09. The van der Waals surface area contributed by atoms with Crippen LogP contribution in [0.5, 0.6) is 5.88 Å². The van der Waals surface area contributed by atoms with Crippen LogP contribution in [0.4, 0.5) is 0 Å². The maximum Gasteiger partial charge on any atom is 0.331 e. The molecule has 1 aliphatic heterocycles. The molecule has 6 heteroatoms. The molecular formula is C19H26N2O4. The summed E-state index contributed by atoms with van der Waals surface area (Å²) in [6.45, 7) is 2.32. The van der Waals surface area contributed by atoms with Gasteiger partial charge in [0.15, 0.2) is 0 Å². The molecular weight excluding hydrogens is 320 g/mol. The molecule has 1 saturated heterocycles. The van der Waals surface area contributed by atoms with Crippen molar-refractivity contribution < 1.29 is 19.1 Å². The molecule has 2 fully saturated rings. The molecule has 0 unspecified atom stereocenters. The summed E-state index contributed by atoms with van der Waals surface area (Å²) in [7, 11) is 1.36. The third kappa shape index (κ3) is 3.62. The Bertz CT molecular complexity index is 642. The highest BCUT2D eigenvalue weighted by Crippen LogP contribution is 2.32. The van der Waals surface area contributed by atoms with E-state index in [0.29, 0.717) is 24.4 Å². The van der Waals surface area contributed by atoms with Gasteiger partial charge < -0.3 is 14.4 Å². The van der Waals surface area contributed by atoms with Crippen molar-refractivity contribution in [1.82, 2.24) is 9.88 Å². The second-order valence-corrected chi connectivity index (χ2v) is 7.09. The molecule has 136 valence electrons. The summed E-state index contributed by atoms with van der Waals surface area (Å²) >= 11 is 0. The zero-order valence-electron chi connectivity index (χ0n) is 15.0. The maximum absolute atomic E-state index is 13.0. The fourth-order valence-electron chi connectivity index (χ4n) is 3.84. The number of aromatic nitrogens is 1. The molecule has 25 heavy (non-hydrogen) atoms. The van der Waals surface area contributed by atoms with Gasteiger partial charge in [0.25, 0.3) is 5.91 Å². The van der Waals surface area contributed by atoms with Gasteiger partial charge in [0, 0.05) is 24.4 Å². The first-order valence-corrected chi connectivity index (χ1v) is 9.08. The summed E-state index contributed by atoms with van der Waals surface area (Å²) in [6.07, 6.45) is 8.85. The van der Waals surface area contributed by atoms with E-state index in [-0.39, 0.29) is 18.0 Å². The molecule has 2 heterocycles. The number of carbonyl (C=O) groups excluding carboxylic acids is 2. The zero-order chi connectivity index (χ0) is 17.9. The first-order chi connectivity index (χ1) is 12.0.